The molecule has 2 atom stereocenters. The standard InChI is InChI=1S/C14H19F2NS/c1-17-13-5-3-2-4-6-14(13)18-10-7-8-11(15)12(16)9-10/h7-9,13-14,17H,2-6H2,1H3. The summed E-state index contributed by atoms with van der Waals surface area (Å²) in [5.74, 6) is -1.53. The first-order valence-corrected chi connectivity index (χ1v) is 7.37. The number of hydrogen-bond donors (Lipinski definition) is 1. The molecule has 1 aliphatic carbocycles. The second-order valence-corrected chi connectivity index (χ2v) is 6.08. The SMILES string of the molecule is CNC1CCCCCC1Sc1ccc(F)c(F)c1. The lowest BCUT2D eigenvalue weighted by molar-refractivity contribution is 0.503. The molecule has 0 bridgehead atoms. The quantitative estimate of drug-likeness (QED) is 0.835. The van der Waals surface area contributed by atoms with Crippen molar-refractivity contribution in [2.75, 3.05) is 7.05 Å². The van der Waals surface area contributed by atoms with Gasteiger partial charge in [-0.2, -0.15) is 0 Å². The third-order valence-electron chi connectivity index (χ3n) is 3.50. The molecule has 0 amide bonds. The molecule has 2 rings (SSSR count). The van der Waals surface area contributed by atoms with E-state index in [0.717, 1.165) is 17.7 Å². The van der Waals surface area contributed by atoms with E-state index in [1.807, 2.05) is 7.05 Å². The van der Waals surface area contributed by atoms with E-state index in [4.69, 9.17) is 0 Å². The Bertz CT molecular complexity index is 397. The summed E-state index contributed by atoms with van der Waals surface area (Å²) in [5.41, 5.74) is 0. The zero-order valence-electron chi connectivity index (χ0n) is 10.6. The number of nitrogens with one attached hydrogen (secondary N) is 1. The number of benzene rings is 1. The molecule has 1 saturated carbocycles. The smallest absolute Gasteiger partial charge is 0.159 e. The van der Waals surface area contributed by atoms with Gasteiger partial charge in [0.15, 0.2) is 11.6 Å². The van der Waals surface area contributed by atoms with Gasteiger partial charge in [0.25, 0.3) is 0 Å². The summed E-state index contributed by atoms with van der Waals surface area (Å²) in [5, 5.41) is 3.80. The fraction of sp³-hybridized carbons (Fsp3) is 0.571. The summed E-state index contributed by atoms with van der Waals surface area (Å²) in [6, 6.07) is 4.65. The lowest BCUT2D eigenvalue weighted by atomic mass is 10.1. The minimum absolute atomic E-state index is 0.447. The molecule has 18 heavy (non-hydrogen) atoms. The normalized spacial score (nSPS) is 24.8. The Balaban J connectivity index is 2.07. The summed E-state index contributed by atoms with van der Waals surface area (Å²) in [6.45, 7) is 0. The summed E-state index contributed by atoms with van der Waals surface area (Å²) in [7, 11) is 1.98. The third kappa shape index (κ3) is 3.45. The van der Waals surface area contributed by atoms with Crippen molar-refractivity contribution in [2.24, 2.45) is 0 Å². The van der Waals surface area contributed by atoms with Crippen LogP contribution in [0.5, 0.6) is 0 Å². The fourth-order valence-corrected chi connectivity index (χ4v) is 3.86. The Morgan fingerprint density at radius 3 is 2.61 bits per heavy atom. The topological polar surface area (TPSA) is 12.0 Å². The second kappa shape index (κ2) is 6.53. The molecule has 1 fully saturated rings. The van der Waals surface area contributed by atoms with Crippen LogP contribution < -0.4 is 5.32 Å². The molecule has 0 aromatic heterocycles. The van der Waals surface area contributed by atoms with Gasteiger partial charge in [0.2, 0.25) is 0 Å². The van der Waals surface area contributed by atoms with Gasteiger partial charge in [0, 0.05) is 16.2 Å². The molecule has 1 nitrogen and oxygen atoms in total. The van der Waals surface area contributed by atoms with E-state index in [1.165, 1.54) is 31.4 Å². The molecule has 0 heterocycles. The Hall–Kier alpha value is -0.610. The summed E-state index contributed by atoms with van der Waals surface area (Å²) in [6.07, 6.45) is 6.04. The van der Waals surface area contributed by atoms with E-state index in [2.05, 4.69) is 5.32 Å². The van der Waals surface area contributed by atoms with Crippen LogP contribution >= 0.6 is 11.8 Å². The first-order chi connectivity index (χ1) is 8.70. The minimum Gasteiger partial charge on any atom is -0.316 e. The molecular weight excluding hydrogens is 252 g/mol. The van der Waals surface area contributed by atoms with Crippen LogP contribution in [0.3, 0.4) is 0 Å². The van der Waals surface area contributed by atoms with Crippen molar-refractivity contribution < 1.29 is 8.78 Å². The van der Waals surface area contributed by atoms with Crippen LogP contribution in [0.15, 0.2) is 23.1 Å². The number of halogens is 2. The molecular formula is C14H19F2NS. The van der Waals surface area contributed by atoms with Gasteiger partial charge in [-0.05, 0) is 38.1 Å². The molecule has 0 radical (unpaired) electrons. The number of rotatable bonds is 3. The number of thioether (sulfide) groups is 1. The lowest BCUT2D eigenvalue weighted by Crippen LogP contribution is -2.34. The van der Waals surface area contributed by atoms with Gasteiger partial charge in [0.05, 0.1) is 0 Å². The Morgan fingerprint density at radius 2 is 1.89 bits per heavy atom. The van der Waals surface area contributed by atoms with E-state index in [9.17, 15) is 8.78 Å². The highest BCUT2D eigenvalue weighted by Gasteiger charge is 2.23. The highest BCUT2D eigenvalue weighted by Crippen LogP contribution is 2.33. The average Bonchev–Trinajstić information content (AvgIpc) is 2.59. The van der Waals surface area contributed by atoms with Crippen molar-refractivity contribution in [1.82, 2.24) is 5.32 Å². The van der Waals surface area contributed by atoms with E-state index in [0.29, 0.717) is 11.3 Å². The fourth-order valence-electron chi connectivity index (χ4n) is 2.47. The van der Waals surface area contributed by atoms with Crippen molar-refractivity contribution in [3.05, 3.63) is 29.8 Å². The molecule has 0 spiro atoms. The minimum atomic E-state index is -0.773. The Kier molecular flexibility index (Phi) is 5.01. The van der Waals surface area contributed by atoms with Gasteiger partial charge in [-0.25, -0.2) is 8.78 Å². The summed E-state index contributed by atoms with van der Waals surface area (Å²) in [4.78, 5) is 0.820. The Labute approximate surface area is 111 Å². The first kappa shape index (κ1) is 13.8. The van der Waals surface area contributed by atoms with Crippen molar-refractivity contribution in [2.45, 2.75) is 48.3 Å². The largest absolute Gasteiger partial charge is 0.316 e. The molecule has 0 saturated heterocycles. The predicted octanol–water partition coefficient (Wildman–Crippen LogP) is 3.98. The van der Waals surface area contributed by atoms with Crippen LogP contribution in [-0.2, 0) is 0 Å². The number of hydrogen-bond acceptors (Lipinski definition) is 2. The second-order valence-electron chi connectivity index (χ2n) is 4.77. The molecule has 1 aromatic rings. The lowest BCUT2D eigenvalue weighted by Gasteiger charge is -2.24. The van der Waals surface area contributed by atoms with E-state index >= 15 is 0 Å². The molecule has 100 valence electrons. The van der Waals surface area contributed by atoms with Gasteiger partial charge >= 0.3 is 0 Å². The highest BCUT2D eigenvalue weighted by atomic mass is 32.2. The van der Waals surface area contributed by atoms with E-state index in [1.54, 1.807) is 17.8 Å². The van der Waals surface area contributed by atoms with Crippen molar-refractivity contribution in [1.29, 1.82) is 0 Å². The zero-order chi connectivity index (χ0) is 13.0. The maximum absolute atomic E-state index is 13.2. The van der Waals surface area contributed by atoms with Crippen molar-refractivity contribution in [3.8, 4) is 0 Å². The molecule has 1 N–H and O–H groups in total. The van der Waals surface area contributed by atoms with Gasteiger partial charge in [0.1, 0.15) is 0 Å². The Morgan fingerprint density at radius 1 is 1.11 bits per heavy atom. The maximum Gasteiger partial charge on any atom is 0.159 e. The predicted molar refractivity (Wildman–Crippen MR) is 71.9 cm³/mol. The molecule has 2 unspecified atom stereocenters. The molecule has 1 aromatic carbocycles. The van der Waals surface area contributed by atoms with Crippen molar-refractivity contribution >= 4 is 11.8 Å². The van der Waals surface area contributed by atoms with Gasteiger partial charge < -0.3 is 5.32 Å². The van der Waals surface area contributed by atoms with Gasteiger partial charge in [-0.1, -0.05) is 19.3 Å². The van der Waals surface area contributed by atoms with Gasteiger partial charge in [-0.15, -0.1) is 11.8 Å². The first-order valence-electron chi connectivity index (χ1n) is 6.49. The summed E-state index contributed by atoms with van der Waals surface area (Å²) < 4.78 is 26.1. The van der Waals surface area contributed by atoms with Crippen LogP contribution in [0.2, 0.25) is 0 Å². The maximum atomic E-state index is 13.2. The zero-order valence-corrected chi connectivity index (χ0v) is 11.4. The molecule has 1 aliphatic rings. The monoisotopic (exact) mass is 271 g/mol. The van der Waals surface area contributed by atoms with Gasteiger partial charge in [-0.3, -0.25) is 0 Å². The van der Waals surface area contributed by atoms with Crippen LogP contribution in [0.25, 0.3) is 0 Å². The highest BCUT2D eigenvalue weighted by molar-refractivity contribution is 8.00. The molecule has 4 heteroatoms. The van der Waals surface area contributed by atoms with E-state index < -0.39 is 11.6 Å². The van der Waals surface area contributed by atoms with Crippen molar-refractivity contribution in [3.63, 3.8) is 0 Å². The van der Waals surface area contributed by atoms with Crippen LogP contribution in [0.1, 0.15) is 32.1 Å². The third-order valence-corrected chi connectivity index (χ3v) is 4.89. The average molecular weight is 271 g/mol. The van der Waals surface area contributed by atoms with Crippen LogP contribution in [0, 0.1) is 11.6 Å². The molecule has 0 aliphatic heterocycles. The van der Waals surface area contributed by atoms with E-state index in [-0.39, 0.29) is 0 Å². The van der Waals surface area contributed by atoms with Crippen LogP contribution in [0.4, 0.5) is 8.78 Å². The van der Waals surface area contributed by atoms with Crippen LogP contribution in [-0.4, -0.2) is 18.3 Å². The summed E-state index contributed by atoms with van der Waals surface area (Å²) >= 11 is 1.66.